The Bertz CT molecular complexity index is 2960. The van der Waals surface area contributed by atoms with E-state index in [0.717, 1.165) is 85.7 Å². The maximum Gasteiger partial charge on any atom is 1.00 e. The smallest absolute Gasteiger partial charge is 0.870 e. The summed E-state index contributed by atoms with van der Waals surface area (Å²) in [6.45, 7) is 13.3. The first-order valence-electron chi connectivity index (χ1n) is 29.7. The van der Waals surface area contributed by atoms with Gasteiger partial charge in [0.1, 0.15) is 16.8 Å². The molecule has 7 atom stereocenters. The summed E-state index contributed by atoms with van der Waals surface area (Å²) in [5.74, 6) is 0.915. The minimum atomic E-state index is -1.61. The molecule has 3 heterocycles. The maximum absolute atomic E-state index is 13.0. The monoisotopic (exact) mass is 1240 g/mol. The molecule has 0 radical (unpaired) electrons. The van der Waals surface area contributed by atoms with Gasteiger partial charge in [0.25, 0.3) is 0 Å². The number of fused-ring (bicyclic) bond motifs is 5. The van der Waals surface area contributed by atoms with E-state index >= 15 is 0 Å². The zero-order valence-electron chi connectivity index (χ0n) is 52.1. The third kappa shape index (κ3) is 26.7. The van der Waals surface area contributed by atoms with Crippen molar-refractivity contribution in [2.75, 3.05) is 39.8 Å². The normalized spacial score (nSPS) is 19.9. The Labute approximate surface area is 541 Å². The van der Waals surface area contributed by atoms with Gasteiger partial charge in [0, 0.05) is 71.2 Å². The van der Waals surface area contributed by atoms with Crippen LogP contribution in [-0.4, -0.2) is 110 Å². The van der Waals surface area contributed by atoms with Crippen molar-refractivity contribution in [2.45, 2.75) is 146 Å². The van der Waals surface area contributed by atoms with Crippen LogP contribution in [0.5, 0.6) is 0 Å². The van der Waals surface area contributed by atoms with E-state index in [1.54, 1.807) is 14.0 Å². The first-order chi connectivity index (χ1) is 41.4. The Hall–Kier alpha value is -5.81. The van der Waals surface area contributed by atoms with E-state index in [1.807, 2.05) is 146 Å². The number of rotatable bonds is 11. The molecule has 88 heavy (non-hydrogen) atoms. The molecule has 7 N–H and O–H groups in total. The molecule has 472 valence electrons. The molecule has 18 heteroatoms. The van der Waals surface area contributed by atoms with Gasteiger partial charge in [-0.15, -0.1) is 0 Å². The molecule has 3 aliphatic carbocycles. The zero-order valence-corrected chi connectivity index (χ0v) is 53.7. The van der Waals surface area contributed by atoms with Crippen molar-refractivity contribution in [1.29, 1.82) is 0 Å². The summed E-state index contributed by atoms with van der Waals surface area (Å²) < 4.78 is 37.3. The van der Waals surface area contributed by atoms with Gasteiger partial charge in [0.05, 0.1) is 49.3 Å². The number of allylic oxidation sites excluding steroid dienone is 1. The second-order valence-corrected chi connectivity index (χ2v) is 23.3. The third-order valence-electron chi connectivity index (χ3n) is 14.9. The van der Waals surface area contributed by atoms with E-state index in [9.17, 15) is 24.6 Å². The number of amides is 2. The third-order valence-corrected chi connectivity index (χ3v) is 15.1. The quantitative estimate of drug-likeness (QED) is 0.0354. The molecule has 3 saturated heterocycles. The van der Waals surface area contributed by atoms with Crippen LogP contribution in [0.3, 0.4) is 0 Å². The predicted octanol–water partition coefficient (Wildman–Crippen LogP) is 8.69. The fourth-order valence-corrected chi connectivity index (χ4v) is 10.7. The van der Waals surface area contributed by atoms with Crippen LogP contribution in [0.15, 0.2) is 176 Å². The molecule has 3 fully saturated rings. The van der Waals surface area contributed by atoms with Crippen LogP contribution in [0.4, 0.5) is 0 Å². The van der Waals surface area contributed by atoms with Gasteiger partial charge in [-0.1, -0.05) is 170 Å². The number of nitrogens with zero attached hydrogens (tertiary/aromatic N) is 1. The van der Waals surface area contributed by atoms with E-state index in [-0.39, 0.29) is 71.7 Å². The Morgan fingerprint density at radius 1 is 0.648 bits per heavy atom. The predicted molar refractivity (Wildman–Crippen MR) is 345 cm³/mol. The van der Waals surface area contributed by atoms with Crippen molar-refractivity contribution in [3.8, 4) is 0 Å². The minimum absolute atomic E-state index is 0. The van der Waals surface area contributed by atoms with E-state index in [0.29, 0.717) is 32.1 Å². The Morgan fingerprint density at radius 2 is 1.02 bits per heavy atom. The van der Waals surface area contributed by atoms with E-state index in [1.165, 1.54) is 54.2 Å². The number of methoxy groups -OCH3 is 1. The molecule has 6 aromatic carbocycles. The number of ether oxygens (including phenoxy) is 4. The maximum atomic E-state index is 13.0. The van der Waals surface area contributed by atoms with Gasteiger partial charge in [0.2, 0.25) is 17.1 Å². The number of aliphatic hydroxyl groups is 2. The van der Waals surface area contributed by atoms with Crippen molar-refractivity contribution >= 4 is 39.7 Å². The number of hydrogen-bond acceptors (Lipinski definition) is 12. The molecule has 15 nitrogen and oxygen atoms in total. The van der Waals surface area contributed by atoms with Gasteiger partial charge in [-0.25, -0.2) is 4.21 Å². The molecule has 3 aliphatic heterocycles. The van der Waals surface area contributed by atoms with Crippen LogP contribution in [0.1, 0.15) is 134 Å². The summed E-state index contributed by atoms with van der Waals surface area (Å²) in [5, 5.41) is 22.2. The fourth-order valence-electron chi connectivity index (χ4n) is 10.6. The first kappa shape index (κ1) is 76.4. The van der Waals surface area contributed by atoms with Crippen LogP contribution < -0.4 is 29.9 Å². The van der Waals surface area contributed by atoms with Gasteiger partial charge in [0.15, 0.2) is 0 Å². The molecule has 0 bridgehead atoms. The van der Waals surface area contributed by atoms with E-state index < -0.39 is 22.9 Å². The van der Waals surface area contributed by atoms with Crippen molar-refractivity contribution in [3.63, 3.8) is 0 Å². The Balaban J connectivity index is 0.000000285. The average Bonchev–Trinajstić information content (AvgIpc) is 2.08. The van der Waals surface area contributed by atoms with E-state index in [4.69, 9.17) is 40.3 Å². The van der Waals surface area contributed by atoms with Gasteiger partial charge in [-0.3, -0.25) is 14.4 Å². The zero-order chi connectivity index (χ0) is 62.3. The summed E-state index contributed by atoms with van der Waals surface area (Å²) in [7, 11) is 1.60. The molecule has 2 amide bonds. The number of aryl methyl sites for hydroxylation is 3. The number of nitrogens with two attached hydrogens (primary N) is 1. The van der Waals surface area contributed by atoms with Gasteiger partial charge >= 0.3 is 18.9 Å². The van der Waals surface area contributed by atoms with Crippen molar-refractivity contribution in [2.24, 2.45) is 5.73 Å². The second kappa shape index (κ2) is 41.5. The molecular formula is C70H91ClLiN3O12S. The number of halogens is 1. The second-order valence-electron chi connectivity index (χ2n) is 22.0. The SMILES string of the molecule is C1CCOC1.C1CCOC1.C=C(C)OC.CC1(C)O[C@@H]2Cc3ccccc3[C@@H]2N1C(=O)CCc1ccccc1.CS(=O)O.N[C@H]1c2ccccc2C[C@H]1O.O=C(CCc1ccccc1)N[C@H]1c2ccccc2C[C@H]1O.O=C(Cl)CCc1ccccc1.[Li+].[OH-]. The summed E-state index contributed by atoms with van der Waals surface area (Å²) in [5.41, 5.74) is 15.7. The largest absolute Gasteiger partial charge is 1.00 e. The molecule has 0 aromatic heterocycles. The standard InChI is InChI=1S/C21H23NO2.C18H19NO2.C9H9ClO.C9H11NO.3C4H8O.CH4O2S.Li.H2O/c1-21(2)22(19(23)13-12-15-8-4-3-5-9-15)20-17-11-7-6-10-16(17)14-18(20)24-21;20-16-12-14-8-4-5-9-15(14)18(16)19-17(21)11-10-13-6-2-1-3-7-13;10-9(11)7-6-8-4-2-1-3-5-8;10-9-7-4-2-1-3-6(7)5-8(9)11;2*1-2-4-5-3-1;1-4(2)5-3;1-4(2)3;;/h3-11,18,20H,12-14H2,1-2H3;1-9,16,18,20H,10-12H2,(H,19,21);1-5H,6-7H2;1-4,8-9,11H,5,10H2;2*1-4H2;1H2,2-3H3;1H3,(H,2,3);;1H2/q;;;;;;;;+1;/p-1/t18-,20+;16-,18+;;8-,9+;;;;;;/m11.1....../s1. The molecule has 0 spiro atoms. The summed E-state index contributed by atoms with van der Waals surface area (Å²) in [6, 6.07) is 53.8. The molecular weight excluding hydrogens is 1150 g/mol. The van der Waals surface area contributed by atoms with Crippen LogP contribution in [0.25, 0.3) is 0 Å². The van der Waals surface area contributed by atoms with Gasteiger partial charge in [-0.2, -0.15) is 0 Å². The molecule has 6 aliphatic rings. The number of benzene rings is 6. The molecule has 6 aromatic rings. The van der Waals surface area contributed by atoms with Crippen molar-refractivity contribution in [1.82, 2.24) is 10.2 Å². The summed E-state index contributed by atoms with van der Waals surface area (Å²) in [6.07, 6.45) is 11.3. The number of carbonyl (C=O) groups is 3. The minimum Gasteiger partial charge on any atom is -0.870 e. The van der Waals surface area contributed by atoms with Crippen molar-refractivity contribution < 1.29 is 76.6 Å². The average molecular weight is 1240 g/mol. The van der Waals surface area contributed by atoms with Gasteiger partial charge in [-0.05, 0) is 127 Å². The van der Waals surface area contributed by atoms with E-state index in [2.05, 4.69) is 53.0 Å². The molecule has 12 rings (SSSR count). The molecule has 1 unspecified atom stereocenters. The Morgan fingerprint density at radius 3 is 1.44 bits per heavy atom. The Kier molecular flexibility index (Phi) is 36.0. The number of hydrogen-bond donors (Lipinski definition) is 5. The summed E-state index contributed by atoms with van der Waals surface area (Å²) in [4.78, 5) is 37.5. The number of aliphatic hydroxyl groups excluding tert-OH is 2. The fraction of sp³-hybridized carbons (Fsp3) is 0.414. The van der Waals surface area contributed by atoms with Crippen LogP contribution >= 0.6 is 11.6 Å². The molecule has 0 saturated carbocycles. The van der Waals surface area contributed by atoms with Crippen LogP contribution in [0.2, 0.25) is 0 Å². The van der Waals surface area contributed by atoms with Crippen molar-refractivity contribution in [3.05, 3.63) is 226 Å². The number of nitrogens with one attached hydrogen (secondary N) is 1. The van der Waals surface area contributed by atoms with Crippen LogP contribution in [0, 0.1) is 0 Å². The topological polar surface area (TPSA) is 237 Å². The first-order valence-corrected chi connectivity index (χ1v) is 31.6. The van der Waals surface area contributed by atoms with Gasteiger partial charge < -0.3 is 55.1 Å². The van der Waals surface area contributed by atoms with Crippen LogP contribution in [-0.2, 0) is 82.9 Å². The summed E-state index contributed by atoms with van der Waals surface area (Å²) >= 11 is 3.58. The number of carbonyl (C=O) groups excluding carboxylic acids is 3.